The number of hydrogen-bond donors (Lipinski definition) is 1. The maximum atomic E-state index is 15.6. The average molecular weight is 620 g/mol. The van der Waals surface area contributed by atoms with Crippen molar-refractivity contribution >= 4 is 40.3 Å². The Morgan fingerprint density at radius 3 is 1.28 bits per heavy atom. The Morgan fingerprint density at radius 1 is 0.543 bits per heavy atom. The molecule has 0 aromatic heterocycles. The third-order valence-corrected chi connectivity index (χ3v) is 12.2. The van der Waals surface area contributed by atoms with Crippen LogP contribution in [0, 0.1) is 0 Å². The van der Waals surface area contributed by atoms with Crippen LogP contribution >= 0.6 is 6.89 Å². The van der Waals surface area contributed by atoms with Crippen molar-refractivity contribution in [2.24, 2.45) is 0 Å². The summed E-state index contributed by atoms with van der Waals surface area (Å²) < 4.78 is 5.32. The lowest BCUT2D eigenvalue weighted by atomic mass is 9.79. The highest BCUT2D eigenvalue weighted by Crippen LogP contribution is 2.45. The summed E-state index contributed by atoms with van der Waals surface area (Å²) in [5, 5.41) is 6.37. The van der Waals surface area contributed by atoms with Crippen molar-refractivity contribution in [1.29, 1.82) is 0 Å². The van der Waals surface area contributed by atoms with Gasteiger partial charge in [-0.25, -0.2) is 0 Å². The van der Waals surface area contributed by atoms with Crippen LogP contribution in [0.1, 0.15) is 21.5 Å². The molecule has 0 radical (unpaired) electrons. The highest BCUT2D eigenvalue weighted by atomic mass is 31.2. The summed E-state index contributed by atoms with van der Waals surface area (Å²) in [5.74, 6) is 1.94. The van der Waals surface area contributed by atoms with Gasteiger partial charge in [-0.1, -0.05) is 152 Å². The van der Waals surface area contributed by atoms with Gasteiger partial charge in [0.15, 0.2) is 11.3 Å². The first-order valence-electron chi connectivity index (χ1n) is 15.1. The first-order chi connectivity index (χ1) is 22.6. The molecule has 0 unspecified atom stereocenters. The maximum absolute atomic E-state index is 15.6. The number of rotatable bonds is 10. The van der Waals surface area contributed by atoms with Gasteiger partial charge in [0.2, 0.25) is 0 Å². The van der Waals surface area contributed by atoms with Gasteiger partial charge in [-0.3, -0.25) is 9.59 Å². The summed E-state index contributed by atoms with van der Waals surface area (Å²) in [7, 11) is 1.58. The van der Waals surface area contributed by atoms with E-state index >= 15 is 4.79 Å². The predicted octanol–water partition coefficient (Wildman–Crippen LogP) is 6.73. The molecule has 0 aliphatic rings. The van der Waals surface area contributed by atoms with Gasteiger partial charge in [0, 0.05) is 5.56 Å². The minimum absolute atomic E-state index is 0.225. The Bertz CT molecular complexity index is 1820. The molecule has 6 aromatic rings. The van der Waals surface area contributed by atoms with Crippen LogP contribution in [-0.2, 0) is 10.3 Å². The van der Waals surface area contributed by atoms with Gasteiger partial charge in [-0.05, 0) is 64.0 Å². The third-order valence-electron chi connectivity index (χ3n) is 8.24. The highest BCUT2D eigenvalue weighted by Gasteiger charge is 2.44. The zero-order valence-electron chi connectivity index (χ0n) is 25.5. The molecule has 4 nitrogen and oxygen atoms in total. The van der Waals surface area contributed by atoms with E-state index in [9.17, 15) is 4.79 Å². The molecule has 0 spiro atoms. The van der Waals surface area contributed by atoms with E-state index in [1.165, 1.54) is 0 Å². The summed E-state index contributed by atoms with van der Waals surface area (Å²) >= 11 is 0. The van der Waals surface area contributed by atoms with Gasteiger partial charge in [0.05, 0.1) is 7.11 Å². The van der Waals surface area contributed by atoms with Gasteiger partial charge in [-0.15, -0.1) is 0 Å². The molecule has 1 amide bonds. The SMILES string of the molecule is COc1ccc(C(=O)NC(C(=O)C=P(c2ccccc2)(c2ccccc2)c2ccccc2)(c2ccccc2)c2ccccc2)cc1. The van der Waals surface area contributed by atoms with Gasteiger partial charge in [-0.2, -0.15) is 0 Å². The first-order valence-corrected chi connectivity index (χ1v) is 17.0. The van der Waals surface area contributed by atoms with Crippen LogP contribution in [0.25, 0.3) is 0 Å². The number of ether oxygens (including phenoxy) is 1. The molecule has 46 heavy (non-hydrogen) atoms. The number of amides is 1. The van der Waals surface area contributed by atoms with Crippen molar-refractivity contribution in [1.82, 2.24) is 5.32 Å². The summed E-state index contributed by atoms with van der Waals surface area (Å²) in [6.45, 7) is -2.72. The largest absolute Gasteiger partial charge is 0.497 e. The average Bonchev–Trinajstić information content (AvgIpc) is 3.14. The van der Waals surface area contributed by atoms with Crippen LogP contribution in [0.2, 0.25) is 0 Å². The molecule has 0 aliphatic carbocycles. The van der Waals surface area contributed by atoms with Crippen molar-refractivity contribution in [3.63, 3.8) is 0 Å². The van der Waals surface area contributed by atoms with Crippen molar-refractivity contribution < 1.29 is 14.3 Å². The first kappa shape index (κ1) is 30.6. The predicted molar refractivity (Wildman–Crippen MR) is 190 cm³/mol. The smallest absolute Gasteiger partial charge is 0.252 e. The maximum Gasteiger partial charge on any atom is 0.252 e. The number of benzene rings is 6. The minimum Gasteiger partial charge on any atom is -0.497 e. The van der Waals surface area contributed by atoms with E-state index in [4.69, 9.17) is 4.74 Å². The molecule has 0 saturated carbocycles. The standard InChI is InChI=1S/C41H34NO3P/c1-45-35-29-27-32(28-30-35)40(44)42-41(33-17-7-2-8-18-33,34-19-9-3-10-20-34)39(43)31-46(36-21-11-4-12-22-36,37-23-13-5-14-24-37)38-25-15-6-16-26-38/h2-31H,1H3,(H,42,44). The fraction of sp³-hybridized carbons (Fsp3) is 0.0488. The van der Waals surface area contributed by atoms with E-state index in [1.54, 1.807) is 31.4 Å². The quantitative estimate of drug-likeness (QED) is 0.173. The van der Waals surface area contributed by atoms with Gasteiger partial charge >= 0.3 is 0 Å². The number of ketones is 1. The second-order valence-electron chi connectivity index (χ2n) is 10.9. The van der Waals surface area contributed by atoms with E-state index in [0.29, 0.717) is 22.4 Å². The molecule has 1 N–H and O–H groups in total. The van der Waals surface area contributed by atoms with Crippen LogP contribution in [0.5, 0.6) is 5.75 Å². The van der Waals surface area contributed by atoms with Crippen LogP contribution in [0.15, 0.2) is 176 Å². The molecule has 0 heterocycles. The lowest BCUT2D eigenvalue weighted by Crippen LogP contribution is -2.53. The highest BCUT2D eigenvalue weighted by molar-refractivity contribution is 7.95. The van der Waals surface area contributed by atoms with Crippen LogP contribution in [-0.4, -0.2) is 24.6 Å². The lowest BCUT2D eigenvalue weighted by molar-refractivity contribution is -0.117. The Balaban J connectivity index is 1.68. The monoisotopic (exact) mass is 619 g/mol. The van der Waals surface area contributed by atoms with Gasteiger partial charge in [0.1, 0.15) is 5.75 Å². The second kappa shape index (κ2) is 13.7. The molecule has 0 bridgehead atoms. The molecular weight excluding hydrogens is 585 g/mol. The molecule has 0 saturated heterocycles. The second-order valence-corrected chi connectivity index (χ2v) is 14.1. The zero-order chi connectivity index (χ0) is 31.8. The molecule has 0 fully saturated rings. The fourth-order valence-electron chi connectivity index (χ4n) is 5.95. The van der Waals surface area contributed by atoms with E-state index in [1.807, 2.05) is 121 Å². The van der Waals surface area contributed by atoms with E-state index in [2.05, 4.69) is 41.7 Å². The van der Waals surface area contributed by atoms with Crippen molar-refractivity contribution in [2.75, 3.05) is 7.11 Å². The number of hydrogen-bond acceptors (Lipinski definition) is 3. The van der Waals surface area contributed by atoms with Crippen LogP contribution < -0.4 is 26.0 Å². The molecule has 0 aliphatic heterocycles. The molecular formula is C41H34NO3P. The summed E-state index contributed by atoms with van der Waals surface area (Å²) in [5.41, 5.74) is 0.205. The topological polar surface area (TPSA) is 55.4 Å². The van der Waals surface area contributed by atoms with Gasteiger partial charge < -0.3 is 10.1 Å². The number of carbonyl (C=O) groups excluding carboxylic acids is 2. The van der Waals surface area contributed by atoms with Crippen LogP contribution in [0.3, 0.4) is 0 Å². The van der Waals surface area contributed by atoms with Crippen molar-refractivity contribution in [3.05, 3.63) is 193 Å². The Kier molecular flexibility index (Phi) is 9.10. The number of nitrogens with one attached hydrogen (secondary N) is 1. The summed E-state index contributed by atoms with van der Waals surface area (Å²) in [6.07, 6.45) is 0. The molecule has 6 aromatic carbocycles. The lowest BCUT2D eigenvalue weighted by Gasteiger charge is -2.36. The molecule has 0 atom stereocenters. The van der Waals surface area contributed by atoms with Crippen molar-refractivity contribution in [3.8, 4) is 5.75 Å². The summed E-state index contributed by atoms with van der Waals surface area (Å²) in [4.78, 5) is 29.8. The Morgan fingerprint density at radius 2 is 0.913 bits per heavy atom. The van der Waals surface area contributed by atoms with E-state index in [0.717, 1.165) is 15.9 Å². The number of methoxy groups -OCH3 is 1. The van der Waals surface area contributed by atoms with Crippen molar-refractivity contribution in [2.45, 2.75) is 5.54 Å². The zero-order valence-corrected chi connectivity index (χ0v) is 26.4. The molecule has 226 valence electrons. The molecule has 5 heteroatoms. The fourth-order valence-corrected chi connectivity index (χ4v) is 9.77. The third kappa shape index (κ3) is 5.83. The minimum atomic E-state index is -2.72. The van der Waals surface area contributed by atoms with E-state index < -0.39 is 12.4 Å². The molecule has 6 rings (SSSR count). The number of carbonyl (C=O) groups is 2. The number of Topliss-reactive ketones (excluding diaryl/α,β-unsaturated/α-hetero) is 1. The summed E-state index contributed by atoms with van der Waals surface area (Å²) in [6, 6.07) is 56.6. The van der Waals surface area contributed by atoms with Crippen LogP contribution in [0.4, 0.5) is 0 Å². The Hall–Kier alpha value is -5.44. The van der Waals surface area contributed by atoms with Gasteiger partial charge in [0.25, 0.3) is 5.91 Å². The van der Waals surface area contributed by atoms with E-state index in [-0.39, 0.29) is 11.7 Å². The normalized spacial score (nSPS) is 11.3. The Labute approximate surface area is 270 Å².